The number of aromatic nitrogens is 2. The topological polar surface area (TPSA) is 83.3 Å². The van der Waals surface area contributed by atoms with Crippen LogP contribution in [0.15, 0.2) is 29.3 Å². The predicted octanol–water partition coefficient (Wildman–Crippen LogP) is 2.22. The fourth-order valence-electron chi connectivity index (χ4n) is 3.00. The molecule has 3 N–H and O–H groups in total. The van der Waals surface area contributed by atoms with Crippen LogP contribution in [0.4, 0.5) is 0 Å². The Hall–Kier alpha value is -2.54. The van der Waals surface area contributed by atoms with Crippen molar-refractivity contribution in [1.82, 2.24) is 25.7 Å². The van der Waals surface area contributed by atoms with Crippen LogP contribution in [0.25, 0.3) is 0 Å². The molecule has 1 aromatic heterocycles. The number of nitrogens with one attached hydrogen (secondary N) is 3. The Morgan fingerprint density at radius 1 is 1.25 bits per heavy atom. The normalized spacial score (nSPS) is 12.6. The first-order valence-electron chi connectivity index (χ1n) is 9.32. The van der Waals surface area contributed by atoms with Gasteiger partial charge in [-0.05, 0) is 44.9 Å². The Kier molecular flexibility index (Phi) is 7.87. The first kappa shape index (κ1) is 21.8. The minimum absolute atomic E-state index is 0.186. The number of rotatable bonds is 7. The molecule has 0 saturated heterocycles. The molecule has 1 heterocycles. The van der Waals surface area contributed by atoms with Gasteiger partial charge in [-0.1, -0.05) is 23.7 Å². The molecule has 0 spiro atoms. The number of carbonyl (C=O) groups excluding carboxylic acids is 1. The average Bonchev–Trinajstić information content (AvgIpc) is 2.90. The molecule has 1 amide bonds. The fraction of sp³-hybridized carbons (Fsp3) is 0.450. The lowest BCUT2D eigenvalue weighted by atomic mass is 10.1. The summed E-state index contributed by atoms with van der Waals surface area (Å²) >= 11 is 6.04. The average molecular weight is 405 g/mol. The molecule has 8 heteroatoms. The van der Waals surface area contributed by atoms with Crippen LogP contribution in [0, 0.1) is 13.8 Å². The smallest absolute Gasteiger partial charge is 0.252 e. The van der Waals surface area contributed by atoms with Crippen LogP contribution in [-0.2, 0) is 13.5 Å². The van der Waals surface area contributed by atoms with Gasteiger partial charge in [0, 0.05) is 38.9 Å². The third-order valence-corrected chi connectivity index (χ3v) is 4.93. The maximum atomic E-state index is 12.1. The summed E-state index contributed by atoms with van der Waals surface area (Å²) in [5.74, 6) is 0.505. The van der Waals surface area contributed by atoms with Gasteiger partial charge in [0.25, 0.3) is 5.91 Å². The Morgan fingerprint density at radius 2 is 1.93 bits per heavy atom. The van der Waals surface area contributed by atoms with Crippen molar-refractivity contribution in [2.75, 3.05) is 20.1 Å². The van der Waals surface area contributed by atoms with Crippen LogP contribution >= 0.6 is 11.6 Å². The lowest BCUT2D eigenvalue weighted by Crippen LogP contribution is -2.45. The Bertz CT molecular complexity index is 845. The summed E-state index contributed by atoms with van der Waals surface area (Å²) in [6, 6.07) is 7.18. The van der Waals surface area contributed by atoms with Crippen molar-refractivity contribution in [2.45, 2.75) is 33.2 Å². The van der Waals surface area contributed by atoms with Crippen molar-refractivity contribution in [1.29, 1.82) is 0 Å². The van der Waals surface area contributed by atoms with Gasteiger partial charge in [-0.2, -0.15) is 5.10 Å². The number of guanidine groups is 1. The van der Waals surface area contributed by atoms with Crippen LogP contribution in [-0.4, -0.2) is 47.8 Å². The highest BCUT2D eigenvalue weighted by Crippen LogP contribution is 2.15. The summed E-state index contributed by atoms with van der Waals surface area (Å²) in [6.45, 7) is 7.23. The highest BCUT2D eigenvalue weighted by molar-refractivity contribution is 6.33. The van der Waals surface area contributed by atoms with Gasteiger partial charge < -0.3 is 16.0 Å². The van der Waals surface area contributed by atoms with Crippen molar-refractivity contribution in [3.05, 3.63) is 51.8 Å². The molecule has 0 saturated carbocycles. The molecule has 1 aromatic carbocycles. The molecule has 0 aliphatic heterocycles. The summed E-state index contributed by atoms with van der Waals surface area (Å²) in [6.07, 6.45) is 0.857. The van der Waals surface area contributed by atoms with Crippen LogP contribution in [0.2, 0.25) is 5.02 Å². The van der Waals surface area contributed by atoms with Crippen molar-refractivity contribution in [3.8, 4) is 0 Å². The number of aryl methyl sites for hydroxylation is 2. The highest BCUT2D eigenvalue weighted by Gasteiger charge is 2.14. The van der Waals surface area contributed by atoms with E-state index in [-0.39, 0.29) is 11.9 Å². The second-order valence-electron chi connectivity index (χ2n) is 6.76. The second-order valence-corrected chi connectivity index (χ2v) is 7.16. The molecule has 28 heavy (non-hydrogen) atoms. The van der Waals surface area contributed by atoms with E-state index < -0.39 is 0 Å². The van der Waals surface area contributed by atoms with E-state index in [1.165, 1.54) is 11.3 Å². The zero-order valence-corrected chi connectivity index (χ0v) is 17.9. The minimum Gasteiger partial charge on any atom is -0.355 e. The molecular formula is C20H29ClN6O. The molecule has 2 aromatic rings. The number of hydrogen-bond acceptors (Lipinski definition) is 3. The van der Waals surface area contributed by atoms with E-state index in [9.17, 15) is 4.79 Å². The number of nitrogens with zero attached hydrogens (tertiary/aromatic N) is 3. The zero-order valence-electron chi connectivity index (χ0n) is 17.1. The monoisotopic (exact) mass is 404 g/mol. The highest BCUT2D eigenvalue weighted by atomic mass is 35.5. The third-order valence-electron chi connectivity index (χ3n) is 4.60. The molecule has 7 nitrogen and oxygen atoms in total. The Balaban J connectivity index is 1.78. The summed E-state index contributed by atoms with van der Waals surface area (Å²) in [5, 5.41) is 14.3. The van der Waals surface area contributed by atoms with Gasteiger partial charge in [0.05, 0.1) is 16.3 Å². The molecule has 0 fully saturated rings. The maximum absolute atomic E-state index is 12.1. The maximum Gasteiger partial charge on any atom is 0.252 e. The molecule has 0 aliphatic rings. The largest absolute Gasteiger partial charge is 0.355 e. The van der Waals surface area contributed by atoms with E-state index >= 15 is 0 Å². The van der Waals surface area contributed by atoms with E-state index in [0.29, 0.717) is 29.6 Å². The van der Waals surface area contributed by atoms with Crippen LogP contribution in [0.1, 0.15) is 34.2 Å². The van der Waals surface area contributed by atoms with Crippen LogP contribution in [0.5, 0.6) is 0 Å². The molecule has 0 aliphatic carbocycles. The number of aliphatic imine (C=N–C) groups is 1. The fourth-order valence-corrected chi connectivity index (χ4v) is 3.22. The zero-order chi connectivity index (χ0) is 20.7. The van der Waals surface area contributed by atoms with Gasteiger partial charge in [0.2, 0.25) is 0 Å². The second kappa shape index (κ2) is 10.1. The summed E-state index contributed by atoms with van der Waals surface area (Å²) in [4.78, 5) is 16.4. The standard InChI is InChI=1S/C20H29ClN6O/c1-13(12-17-14(2)26-27(5)15(17)3)25-20(22-4)24-11-10-23-19(28)16-8-6-7-9-18(16)21/h6-9,13H,10-12H2,1-5H3,(H,23,28)(H2,22,24,25). The van der Waals surface area contributed by atoms with Crippen LogP contribution in [0.3, 0.4) is 0 Å². The lowest BCUT2D eigenvalue weighted by Gasteiger charge is -2.18. The minimum atomic E-state index is -0.189. The predicted molar refractivity (Wildman–Crippen MR) is 114 cm³/mol. The molecular weight excluding hydrogens is 376 g/mol. The summed E-state index contributed by atoms with van der Waals surface area (Å²) in [5.41, 5.74) is 3.96. The summed E-state index contributed by atoms with van der Waals surface area (Å²) in [7, 11) is 3.69. The van der Waals surface area contributed by atoms with E-state index in [2.05, 4.69) is 39.9 Å². The van der Waals surface area contributed by atoms with E-state index in [1.54, 1.807) is 31.3 Å². The van der Waals surface area contributed by atoms with Crippen molar-refractivity contribution in [2.24, 2.45) is 12.0 Å². The molecule has 1 atom stereocenters. The SMILES string of the molecule is CN=C(NCCNC(=O)c1ccccc1Cl)NC(C)Cc1c(C)nn(C)c1C. The van der Waals surface area contributed by atoms with Crippen molar-refractivity contribution >= 4 is 23.5 Å². The van der Waals surface area contributed by atoms with E-state index in [4.69, 9.17) is 11.6 Å². The van der Waals surface area contributed by atoms with E-state index in [1.807, 2.05) is 18.7 Å². The number of benzene rings is 1. The molecule has 1 unspecified atom stereocenters. The first-order valence-corrected chi connectivity index (χ1v) is 9.70. The molecule has 0 bridgehead atoms. The van der Waals surface area contributed by atoms with Gasteiger partial charge in [0.1, 0.15) is 0 Å². The number of amides is 1. The van der Waals surface area contributed by atoms with Crippen molar-refractivity contribution < 1.29 is 4.79 Å². The number of carbonyl (C=O) groups is 1. The molecule has 2 rings (SSSR count). The van der Waals surface area contributed by atoms with Crippen LogP contribution < -0.4 is 16.0 Å². The van der Waals surface area contributed by atoms with Gasteiger partial charge in [-0.25, -0.2) is 0 Å². The van der Waals surface area contributed by atoms with E-state index in [0.717, 1.165) is 12.1 Å². The third kappa shape index (κ3) is 5.73. The van der Waals surface area contributed by atoms with Gasteiger partial charge in [-0.3, -0.25) is 14.5 Å². The lowest BCUT2D eigenvalue weighted by molar-refractivity contribution is 0.0954. The number of hydrogen-bond donors (Lipinski definition) is 3. The van der Waals surface area contributed by atoms with Crippen molar-refractivity contribution in [3.63, 3.8) is 0 Å². The Morgan fingerprint density at radius 3 is 2.54 bits per heavy atom. The van der Waals surface area contributed by atoms with Gasteiger partial charge in [-0.15, -0.1) is 0 Å². The molecule has 152 valence electrons. The first-order chi connectivity index (χ1) is 13.3. The number of halogens is 1. The Labute approximate surface area is 171 Å². The quantitative estimate of drug-likeness (QED) is 0.375. The summed E-state index contributed by atoms with van der Waals surface area (Å²) < 4.78 is 1.91. The van der Waals surface area contributed by atoms with Gasteiger partial charge in [0.15, 0.2) is 5.96 Å². The van der Waals surface area contributed by atoms with Gasteiger partial charge >= 0.3 is 0 Å². The molecule has 0 radical (unpaired) electrons.